The molecule has 0 nitrogen and oxygen atoms in total. The standard InChI is InChI=1S/C24H22Si2/c1-25(2)22-17-9-11-19-12-10-18-23(24(19)22)26(20-13-5-3-6-14-20)21-15-7-4-8-16-21/h3-18H,1-2H3. The van der Waals surface area contributed by atoms with E-state index < -0.39 is 17.6 Å². The first-order valence-corrected chi connectivity index (χ1v) is 13.1. The van der Waals surface area contributed by atoms with E-state index in [2.05, 4.69) is 110 Å². The number of fused-ring (bicyclic) bond motifs is 1. The van der Waals surface area contributed by atoms with Crippen molar-refractivity contribution in [2.45, 2.75) is 13.1 Å². The largest absolute Gasteiger partial charge is 0.155 e. The smallest absolute Gasteiger partial charge is 0.0671 e. The molecule has 0 unspecified atom stereocenters. The van der Waals surface area contributed by atoms with Crippen molar-refractivity contribution in [1.29, 1.82) is 0 Å². The van der Waals surface area contributed by atoms with Crippen LogP contribution in [0.2, 0.25) is 13.1 Å². The van der Waals surface area contributed by atoms with Gasteiger partial charge < -0.3 is 0 Å². The van der Waals surface area contributed by atoms with E-state index in [1.807, 2.05) is 0 Å². The minimum Gasteiger partial charge on any atom is -0.0671 e. The van der Waals surface area contributed by atoms with Crippen LogP contribution in [0.5, 0.6) is 0 Å². The second kappa shape index (κ2) is 7.44. The van der Waals surface area contributed by atoms with E-state index in [1.54, 1.807) is 5.19 Å². The van der Waals surface area contributed by atoms with Crippen molar-refractivity contribution in [2.75, 3.05) is 0 Å². The summed E-state index contributed by atoms with van der Waals surface area (Å²) >= 11 is 0. The topological polar surface area (TPSA) is 0 Å². The summed E-state index contributed by atoms with van der Waals surface area (Å²) in [6, 6.07) is 35.8. The Hall–Kier alpha value is -2.43. The van der Waals surface area contributed by atoms with Gasteiger partial charge in [0.05, 0.1) is 8.80 Å². The maximum absolute atomic E-state index is 2.40. The Labute approximate surface area is 159 Å². The van der Waals surface area contributed by atoms with Crippen molar-refractivity contribution in [1.82, 2.24) is 0 Å². The summed E-state index contributed by atoms with van der Waals surface area (Å²) in [7, 11) is -1.58. The molecule has 2 radical (unpaired) electrons. The highest BCUT2D eigenvalue weighted by Crippen LogP contribution is 2.12. The molecule has 126 valence electrons. The lowest BCUT2D eigenvalue weighted by molar-refractivity contribution is 1.72. The minimum atomic E-state index is -1.04. The quantitative estimate of drug-likeness (QED) is 0.384. The zero-order chi connectivity index (χ0) is 17.9. The molecule has 0 spiro atoms. The van der Waals surface area contributed by atoms with Gasteiger partial charge in [0.2, 0.25) is 0 Å². The fourth-order valence-corrected chi connectivity index (χ4v) is 7.79. The molecule has 2 heteroatoms. The van der Waals surface area contributed by atoms with Gasteiger partial charge in [-0.1, -0.05) is 126 Å². The van der Waals surface area contributed by atoms with Crippen molar-refractivity contribution in [3.8, 4) is 0 Å². The van der Waals surface area contributed by atoms with Crippen LogP contribution in [0.15, 0.2) is 97.1 Å². The van der Waals surface area contributed by atoms with E-state index >= 15 is 0 Å². The molecule has 0 bridgehead atoms. The Bertz CT molecular complexity index is 963. The third kappa shape index (κ3) is 3.18. The predicted octanol–water partition coefficient (Wildman–Crippen LogP) is 3.32. The molecule has 4 rings (SSSR count). The van der Waals surface area contributed by atoms with Gasteiger partial charge in [0, 0.05) is 0 Å². The Morgan fingerprint density at radius 2 is 1.00 bits per heavy atom. The first-order valence-electron chi connectivity index (χ1n) is 9.06. The minimum absolute atomic E-state index is 0.539. The van der Waals surface area contributed by atoms with Gasteiger partial charge in [0.1, 0.15) is 0 Å². The summed E-state index contributed by atoms with van der Waals surface area (Å²) in [5, 5.41) is 8.85. The second-order valence-corrected chi connectivity index (χ2v) is 11.8. The lowest BCUT2D eigenvalue weighted by Gasteiger charge is -2.21. The predicted molar refractivity (Wildman–Crippen MR) is 119 cm³/mol. The van der Waals surface area contributed by atoms with Crippen LogP contribution in [-0.4, -0.2) is 17.6 Å². The summed E-state index contributed by atoms with van der Waals surface area (Å²) < 4.78 is 0. The molecule has 0 aliphatic carbocycles. The third-order valence-corrected chi connectivity index (χ3v) is 9.11. The SMILES string of the molecule is C[Si](C)c1cccc2cccc([Si](c3ccccc3)c3ccccc3)c12. The van der Waals surface area contributed by atoms with E-state index in [0.717, 1.165) is 0 Å². The molecular formula is C24H22Si2. The normalized spacial score (nSPS) is 11.4. The fraction of sp³-hybridized carbons (Fsp3) is 0.0833. The monoisotopic (exact) mass is 366 g/mol. The van der Waals surface area contributed by atoms with Crippen LogP contribution in [0.25, 0.3) is 10.8 Å². The summed E-state index contributed by atoms with van der Waals surface area (Å²) in [6.45, 7) is 4.79. The molecule has 0 aliphatic heterocycles. The molecule has 0 heterocycles. The molecular weight excluding hydrogens is 344 g/mol. The number of hydrogen-bond acceptors (Lipinski definition) is 0. The van der Waals surface area contributed by atoms with Gasteiger partial charge in [-0.15, -0.1) is 0 Å². The zero-order valence-corrected chi connectivity index (χ0v) is 17.2. The van der Waals surface area contributed by atoms with Crippen LogP contribution >= 0.6 is 0 Å². The number of rotatable bonds is 4. The molecule has 26 heavy (non-hydrogen) atoms. The highest BCUT2D eigenvalue weighted by Gasteiger charge is 2.23. The summed E-state index contributed by atoms with van der Waals surface area (Å²) in [6.07, 6.45) is 0. The Balaban J connectivity index is 2.04. The molecule has 0 atom stereocenters. The van der Waals surface area contributed by atoms with Crippen molar-refractivity contribution >= 4 is 49.1 Å². The molecule has 0 saturated heterocycles. The molecule has 0 aromatic heterocycles. The van der Waals surface area contributed by atoms with Crippen LogP contribution in [0, 0.1) is 0 Å². The summed E-state index contributed by atoms with van der Waals surface area (Å²) in [5.41, 5.74) is 0. The van der Waals surface area contributed by atoms with Crippen molar-refractivity contribution < 1.29 is 0 Å². The lowest BCUT2D eigenvalue weighted by atomic mass is 10.1. The van der Waals surface area contributed by atoms with Gasteiger partial charge in [-0.2, -0.15) is 0 Å². The second-order valence-electron chi connectivity index (χ2n) is 6.82. The Kier molecular flexibility index (Phi) is 4.87. The summed E-state index contributed by atoms with van der Waals surface area (Å²) in [4.78, 5) is 0. The van der Waals surface area contributed by atoms with Gasteiger partial charge in [-0.3, -0.25) is 0 Å². The highest BCUT2D eigenvalue weighted by atomic mass is 28.3. The van der Waals surface area contributed by atoms with E-state index in [-0.39, 0.29) is 0 Å². The van der Waals surface area contributed by atoms with Crippen LogP contribution in [0.4, 0.5) is 0 Å². The van der Waals surface area contributed by atoms with E-state index in [4.69, 9.17) is 0 Å². The average molecular weight is 367 g/mol. The van der Waals surface area contributed by atoms with Crippen LogP contribution < -0.4 is 20.7 Å². The number of benzene rings is 4. The molecule has 0 fully saturated rings. The molecule has 0 N–H and O–H groups in total. The van der Waals surface area contributed by atoms with E-state index in [0.29, 0.717) is 0 Å². The van der Waals surface area contributed by atoms with Gasteiger partial charge >= 0.3 is 0 Å². The van der Waals surface area contributed by atoms with Gasteiger partial charge in [-0.25, -0.2) is 0 Å². The van der Waals surface area contributed by atoms with Gasteiger partial charge in [0.25, 0.3) is 0 Å². The molecule has 4 aromatic rings. The third-order valence-electron chi connectivity index (χ3n) is 4.84. The average Bonchev–Trinajstić information content (AvgIpc) is 2.69. The molecule has 4 aromatic carbocycles. The van der Waals surface area contributed by atoms with Crippen LogP contribution in [0.1, 0.15) is 0 Å². The fourth-order valence-electron chi connectivity index (χ4n) is 3.65. The lowest BCUT2D eigenvalue weighted by Crippen LogP contribution is -2.53. The van der Waals surface area contributed by atoms with E-state index in [1.165, 1.54) is 26.3 Å². The van der Waals surface area contributed by atoms with Crippen LogP contribution in [-0.2, 0) is 0 Å². The maximum atomic E-state index is 2.40. The van der Waals surface area contributed by atoms with Crippen molar-refractivity contribution in [3.63, 3.8) is 0 Å². The zero-order valence-electron chi connectivity index (χ0n) is 15.2. The van der Waals surface area contributed by atoms with E-state index in [9.17, 15) is 0 Å². The van der Waals surface area contributed by atoms with Crippen molar-refractivity contribution in [2.24, 2.45) is 0 Å². The van der Waals surface area contributed by atoms with Crippen molar-refractivity contribution in [3.05, 3.63) is 97.1 Å². The molecule has 0 aliphatic rings. The summed E-state index contributed by atoms with van der Waals surface area (Å²) in [5.74, 6) is 0. The highest BCUT2D eigenvalue weighted by molar-refractivity contribution is 6.97. The first kappa shape index (κ1) is 17.0. The Morgan fingerprint density at radius 3 is 1.50 bits per heavy atom. The molecule has 0 amide bonds. The van der Waals surface area contributed by atoms with Gasteiger partial charge in [-0.05, 0) is 16.0 Å². The molecule has 0 saturated carbocycles. The first-order chi connectivity index (χ1) is 12.8. The maximum Gasteiger partial charge on any atom is 0.155 e. The Morgan fingerprint density at radius 1 is 0.500 bits per heavy atom. The van der Waals surface area contributed by atoms with Gasteiger partial charge in [0.15, 0.2) is 8.80 Å². The number of hydrogen-bond donors (Lipinski definition) is 0. The van der Waals surface area contributed by atoms with Crippen LogP contribution in [0.3, 0.4) is 0 Å².